The molecule has 0 radical (unpaired) electrons. The average Bonchev–Trinajstić information content (AvgIpc) is 2.53. The molecule has 0 spiro atoms. The zero-order chi connectivity index (χ0) is 14.4. The van der Waals surface area contributed by atoms with Crippen LogP contribution >= 0.6 is 0 Å². The molecule has 0 atom stereocenters. The predicted octanol–water partition coefficient (Wildman–Crippen LogP) is 0.656. The quantitative estimate of drug-likeness (QED) is 0.368. The molecule has 0 unspecified atom stereocenters. The second-order valence-corrected chi connectivity index (χ2v) is 4.62. The van der Waals surface area contributed by atoms with Crippen molar-refractivity contribution in [3.63, 3.8) is 0 Å². The number of benzene rings is 1. The minimum absolute atomic E-state index is 0.732. The van der Waals surface area contributed by atoms with E-state index in [4.69, 9.17) is 10.6 Å². The van der Waals surface area contributed by atoms with Crippen molar-refractivity contribution < 1.29 is 4.74 Å². The van der Waals surface area contributed by atoms with Crippen LogP contribution in [0.1, 0.15) is 6.92 Å². The lowest BCUT2D eigenvalue weighted by atomic mass is 10.2. The summed E-state index contributed by atoms with van der Waals surface area (Å²) in [5.41, 5.74) is 3.88. The topological polar surface area (TPSA) is 66.1 Å². The molecule has 20 heavy (non-hydrogen) atoms. The van der Waals surface area contributed by atoms with Gasteiger partial charge in [0.15, 0.2) is 0 Å². The molecule has 3 N–H and O–H groups in total. The number of guanidine groups is 1. The third kappa shape index (κ3) is 3.33. The summed E-state index contributed by atoms with van der Waals surface area (Å²) in [4.78, 5) is 8.89. The zero-order valence-corrected chi connectivity index (χ0v) is 12.2. The van der Waals surface area contributed by atoms with Gasteiger partial charge in [-0.15, -0.1) is 0 Å². The fourth-order valence-electron chi connectivity index (χ4n) is 2.37. The number of nitrogens with two attached hydrogens (primary N) is 1. The van der Waals surface area contributed by atoms with E-state index in [2.05, 4.69) is 32.4 Å². The molecule has 0 aliphatic carbocycles. The van der Waals surface area contributed by atoms with Gasteiger partial charge in [0.2, 0.25) is 5.96 Å². The number of piperazine rings is 1. The molecule has 0 aromatic heterocycles. The van der Waals surface area contributed by atoms with Gasteiger partial charge in [0.25, 0.3) is 0 Å². The first-order valence-corrected chi connectivity index (χ1v) is 6.93. The highest BCUT2D eigenvalue weighted by Crippen LogP contribution is 2.22. The highest BCUT2D eigenvalue weighted by Gasteiger charge is 2.19. The second kappa shape index (κ2) is 7.00. The first kappa shape index (κ1) is 14.5. The number of aliphatic imine (C=N–C) groups is 1. The zero-order valence-electron chi connectivity index (χ0n) is 12.2. The van der Waals surface area contributed by atoms with E-state index in [1.165, 1.54) is 5.69 Å². The third-order valence-corrected chi connectivity index (χ3v) is 3.43. The Kier molecular flexibility index (Phi) is 5.06. The van der Waals surface area contributed by atoms with Crippen LogP contribution in [0.15, 0.2) is 29.3 Å². The van der Waals surface area contributed by atoms with Crippen molar-refractivity contribution in [2.45, 2.75) is 6.92 Å². The Balaban J connectivity index is 1.98. The third-order valence-electron chi connectivity index (χ3n) is 3.43. The molecular formula is C14H23N5O. The van der Waals surface area contributed by atoms with Crippen LogP contribution in [0.2, 0.25) is 0 Å². The molecule has 1 heterocycles. The van der Waals surface area contributed by atoms with Gasteiger partial charge in [-0.25, -0.2) is 5.84 Å². The van der Waals surface area contributed by atoms with Gasteiger partial charge in [-0.2, -0.15) is 0 Å². The van der Waals surface area contributed by atoms with E-state index in [1.807, 2.05) is 19.1 Å². The molecule has 110 valence electrons. The minimum atomic E-state index is 0.732. The van der Waals surface area contributed by atoms with Crippen LogP contribution in [-0.4, -0.2) is 50.7 Å². The van der Waals surface area contributed by atoms with Crippen molar-refractivity contribution in [1.82, 2.24) is 10.3 Å². The highest BCUT2D eigenvalue weighted by molar-refractivity contribution is 5.79. The van der Waals surface area contributed by atoms with Crippen molar-refractivity contribution in [1.29, 1.82) is 0 Å². The summed E-state index contributed by atoms with van der Waals surface area (Å²) in [6.07, 6.45) is 0. The van der Waals surface area contributed by atoms with Gasteiger partial charge in [-0.3, -0.25) is 10.4 Å². The van der Waals surface area contributed by atoms with Crippen LogP contribution in [0.3, 0.4) is 0 Å². The Bertz CT molecular complexity index is 455. The summed E-state index contributed by atoms with van der Waals surface area (Å²) in [6.45, 7) is 6.43. The highest BCUT2D eigenvalue weighted by atomic mass is 16.5. The molecule has 1 aromatic rings. The van der Waals surface area contributed by atoms with Crippen molar-refractivity contribution in [2.24, 2.45) is 10.8 Å². The summed E-state index contributed by atoms with van der Waals surface area (Å²) in [5, 5.41) is 0. The predicted molar refractivity (Wildman–Crippen MR) is 82.1 cm³/mol. The largest absolute Gasteiger partial charge is 0.497 e. The maximum Gasteiger partial charge on any atom is 0.208 e. The van der Waals surface area contributed by atoms with Crippen LogP contribution < -0.4 is 20.9 Å². The molecule has 1 aliphatic rings. The van der Waals surface area contributed by atoms with Gasteiger partial charge in [0.1, 0.15) is 5.75 Å². The summed E-state index contributed by atoms with van der Waals surface area (Å²) in [6, 6.07) is 8.16. The normalized spacial score (nSPS) is 16.2. The fraction of sp³-hybridized carbons (Fsp3) is 0.500. The number of nitrogens with zero attached hydrogens (tertiary/aromatic N) is 3. The monoisotopic (exact) mass is 277 g/mol. The summed E-state index contributed by atoms with van der Waals surface area (Å²) in [7, 11) is 1.69. The van der Waals surface area contributed by atoms with Gasteiger partial charge < -0.3 is 14.5 Å². The molecule has 1 aromatic carbocycles. The summed E-state index contributed by atoms with van der Waals surface area (Å²) in [5.74, 6) is 7.19. The number of hydrogen-bond acceptors (Lipinski definition) is 4. The fourth-order valence-corrected chi connectivity index (χ4v) is 2.37. The summed E-state index contributed by atoms with van der Waals surface area (Å²) >= 11 is 0. The molecule has 1 fully saturated rings. The number of anilines is 1. The molecule has 2 rings (SSSR count). The van der Waals surface area contributed by atoms with Gasteiger partial charge in [0.05, 0.1) is 7.11 Å². The van der Waals surface area contributed by atoms with Gasteiger partial charge in [-0.05, 0) is 19.1 Å². The smallest absolute Gasteiger partial charge is 0.208 e. The number of nitrogens with one attached hydrogen (secondary N) is 1. The van der Waals surface area contributed by atoms with E-state index in [9.17, 15) is 0 Å². The molecule has 1 saturated heterocycles. The van der Waals surface area contributed by atoms with E-state index in [-0.39, 0.29) is 0 Å². The van der Waals surface area contributed by atoms with Gasteiger partial charge in [0, 0.05) is 44.5 Å². The van der Waals surface area contributed by atoms with Crippen molar-refractivity contribution in [2.75, 3.05) is 44.7 Å². The van der Waals surface area contributed by atoms with E-state index >= 15 is 0 Å². The van der Waals surface area contributed by atoms with Crippen molar-refractivity contribution in [3.05, 3.63) is 24.3 Å². The summed E-state index contributed by atoms with van der Waals surface area (Å²) < 4.78 is 5.27. The first-order valence-electron chi connectivity index (χ1n) is 6.93. The van der Waals surface area contributed by atoms with Crippen LogP contribution in [0.4, 0.5) is 5.69 Å². The Morgan fingerprint density at radius 3 is 2.70 bits per heavy atom. The van der Waals surface area contributed by atoms with Gasteiger partial charge in [-0.1, -0.05) is 6.07 Å². The number of ether oxygens (including phenoxy) is 1. The van der Waals surface area contributed by atoms with Crippen LogP contribution in [0, 0.1) is 0 Å². The number of hydrazine groups is 1. The van der Waals surface area contributed by atoms with Crippen LogP contribution in [-0.2, 0) is 0 Å². The Morgan fingerprint density at radius 1 is 1.35 bits per heavy atom. The van der Waals surface area contributed by atoms with E-state index < -0.39 is 0 Å². The average molecular weight is 277 g/mol. The molecule has 6 heteroatoms. The van der Waals surface area contributed by atoms with Crippen LogP contribution in [0.25, 0.3) is 0 Å². The van der Waals surface area contributed by atoms with Crippen molar-refractivity contribution >= 4 is 11.6 Å². The maximum atomic E-state index is 5.52. The van der Waals surface area contributed by atoms with Crippen LogP contribution in [0.5, 0.6) is 5.75 Å². The Labute approximate surface area is 120 Å². The number of rotatable bonds is 3. The first-order chi connectivity index (χ1) is 9.78. The Morgan fingerprint density at radius 2 is 2.10 bits per heavy atom. The molecule has 0 saturated carbocycles. The van der Waals surface area contributed by atoms with Gasteiger partial charge >= 0.3 is 0 Å². The van der Waals surface area contributed by atoms with Crippen molar-refractivity contribution in [3.8, 4) is 5.75 Å². The molecule has 0 amide bonds. The second-order valence-electron chi connectivity index (χ2n) is 4.62. The molecule has 0 bridgehead atoms. The van der Waals surface area contributed by atoms with E-state index in [0.29, 0.717) is 0 Å². The lowest BCUT2D eigenvalue weighted by Crippen LogP contribution is -2.54. The molecule has 6 nitrogen and oxygen atoms in total. The number of methoxy groups -OCH3 is 1. The lowest BCUT2D eigenvalue weighted by Gasteiger charge is -2.37. The lowest BCUT2D eigenvalue weighted by molar-refractivity contribution is 0.372. The number of hydrogen-bond donors (Lipinski definition) is 2. The standard InChI is InChI=1S/C14H23N5O/c1-3-16-14(17-15)19-9-7-18(8-10-19)12-5-4-6-13(11-12)20-2/h4-6,11H,3,7-10,15H2,1-2H3,(H,16,17). The molecule has 1 aliphatic heterocycles. The molecular weight excluding hydrogens is 254 g/mol. The SMILES string of the molecule is CCN=C(NN)N1CCN(c2cccc(OC)c2)CC1. The van der Waals surface area contributed by atoms with E-state index in [1.54, 1.807) is 7.11 Å². The maximum absolute atomic E-state index is 5.52. The van der Waals surface area contributed by atoms with E-state index in [0.717, 1.165) is 44.4 Å². The Hall–Kier alpha value is -1.95. The minimum Gasteiger partial charge on any atom is -0.497 e.